The number of aromatic nitrogens is 2. The fourth-order valence-electron chi connectivity index (χ4n) is 2.54. The van der Waals surface area contributed by atoms with Crippen molar-refractivity contribution in [2.45, 2.75) is 51.1 Å². The molecule has 0 saturated heterocycles. The first-order valence-corrected chi connectivity index (χ1v) is 7.13. The highest BCUT2D eigenvalue weighted by Gasteiger charge is 2.27. The van der Waals surface area contributed by atoms with Gasteiger partial charge >= 0.3 is 0 Å². The zero-order valence-electron chi connectivity index (χ0n) is 11.5. The average Bonchev–Trinajstić information content (AvgIpc) is 2.43. The molecule has 2 rings (SSSR count). The quantitative estimate of drug-likeness (QED) is 0.860. The summed E-state index contributed by atoms with van der Waals surface area (Å²) >= 11 is 6.36. The minimum Gasteiger partial charge on any atom is -0.328 e. The van der Waals surface area contributed by atoms with Crippen molar-refractivity contribution in [3.05, 3.63) is 17.0 Å². The summed E-state index contributed by atoms with van der Waals surface area (Å²) in [5, 5.41) is 2.40. The molecular weight excluding hydrogens is 264 g/mol. The van der Waals surface area contributed by atoms with Gasteiger partial charge in [-0.2, -0.15) is 0 Å². The first-order chi connectivity index (χ1) is 9.17. The van der Waals surface area contributed by atoms with E-state index >= 15 is 0 Å². The summed E-state index contributed by atoms with van der Waals surface area (Å²) in [6.45, 7) is 2.02. The zero-order chi connectivity index (χ0) is 13.8. The van der Waals surface area contributed by atoms with Crippen LogP contribution in [-0.2, 0) is 11.3 Å². The van der Waals surface area contributed by atoms with Crippen LogP contribution < -0.4 is 10.8 Å². The van der Waals surface area contributed by atoms with Crippen molar-refractivity contribution in [3.8, 4) is 0 Å². The number of nitrogens with two attached hydrogens (primary N) is 1. The fourth-order valence-corrected chi connectivity index (χ4v) is 2.85. The molecule has 19 heavy (non-hydrogen) atoms. The molecule has 6 heteroatoms. The van der Waals surface area contributed by atoms with Gasteiger partial charge in [0.25, 0.3) is 0 Å². The zero-order valence-corrected chi connectivity index (χ0v) is 12.2. The number of aryl methyl sites for hydroxylation is 1. The molecule has 0 unspecified atom stereocenters. The van der Waals surface area contributed by atoms with E-state index in [-0.39, 0.29) is 6.04 Å². The standard InChI is InChI=1S/C13H21ClN4O/c1-3-11-12(14)13(17-8-16-11)18(19-2)10-6-4-9(15)5-7-10/h8-10H,3-7,15H2,1-2H3. The number of rotatable bonds is 4. The molecule has 1 saturated carbocycles. The smallest absolute Gasteiger partial charge is 0.175 e. The average molecular weight is 285 g/mol. The second-order valence-electron chi connectivity index (χ2n) is 4.89. The van der Waals surface area contributed by atoms with Crippen LogP contribution in [0.15, 0.2) is 6.33 Å². The van der Waals surface area contributed by atoms with Gasteiger partial charge in [0.15, 0.2) is 5.82 Å². The molecule has 0 aliphatic heterocycles. The highest BCUT2D eigenvalue weighted by Crippen LogP contribution is 2.31. The molecule has 1 aromatic rings. The predicted octanol–water partition coefficient (Wildman–Crippen LogP) is 2.33. The molecule has 2 N–H and O–H groups in total. The molecule has 0 amide bonds. The van der Waals surface area contributed by atoms with Gasteiger partial charge in [0.05, 0.1) is 18.8 Å². The third kappa shape index (κ3) is 3.16. The highest BCUT2D eigenvalue weighted by molar-refractivity contribution is 6.33. The van der Waals surface area contributed by atoms with Crippen molar-refractivity contribution in [1.82, 2.24) is 9.97 Å². The summed E-state index contributed by atoms with van der Waals surface area (Å²) in [5.74, 6) is 0.663. The number of halogens is 1. The van der Waals surface area contributed by atoms with E-state index in [4.69, 9.17) is 22.2 Å². The van der Waals surface area contributed by atoms with Crippen molar-refractivity contribution < 1.29 is 4.84 Å². The number of nitrogens with zero attached hydrogens (tertiary/aromatic N) is 3. The molecule has 1 fully saturated rings. The summed E-state index contributed by atoms with van der Waals surface area (Å²) in [5.41, 5.74) is 6.79. The van der Waals surface area contributed by atoms with E-state index in [1.165, 1.54) is 0 Å². The first-order valence-electron chi connectivity index (χ1n) is 6.75. The summed E-state index contributed by atoms with van der Waals surface area (Å²) in [7, 11) is 1.65. The Bertz CT molecular complexity index is 421. The maximum Gasteiger partial charge on any atom is 0.175 e. The Morgan fingerprint density at radius 1 is 1.37 bits per heavy atom. The van der Waals surface area contributed by atoms with Gasteiger partial charge in [-0.05, 0) is 32.1 Å². The third-order valence-electron chi connectivity index (χ3n) is 3.66. The molecular formula is C13H21ClN4O. The Labute approximate surface area is 119 Å². The van der Waals surface area contributed by atoms with E-state index in [0.717, 1.165) is 37.8 Å². The maximum atomic E-state index is 6.36. The Morgan fingerprint density at radius 2 is 2.05 bits per heavy atom. The van der Waals surface area contributed by atoms with Gasteiger partial charge in [0, 0.05) is 6.04 Å². The van der Waals surface area contributed by atoms with E-state index in [1.807, 2.05) is 12.0 Å². The SMILES string of the molecule is CCc1ncnc(N(OC)C2CCC(N)CC2)c1Cl. The normalized spacial score (nSPS) is 23.4. The monoisotopic (exact) mass is 284 g/mol. The lowest BCUT2D eigenvalue weighted by Gasteiger charge is -2.35. The van der Waals surface area contributed by atoms with Gasteiger partial charge in [-0.15, -0.1) is 0 Å². The Morgan fingerprint density at radius 3 is 2.63 bits per heavy atom. The molecule has 5 nitrogen and oxygen atoms in total. The van der Waals surface area contributed by atoms with E-state index in [0.29, 0.717) is 16.9 Å². The lowest BCUT2D eigenvalue weighted by atomic mass is 9.91. The lowest BCUT2D eigenvalue weighted by Crippen LogP contribution is -2.41. The molecule has 0 radical (unpaired) electrons. The first kappa shape index (κ1) is 14.5. The Hall–Kier alpha value is -0.910. The number of anilines is 1. The fraction of sp³-hybridized carbons (Fsp3) is 0.692. The van der Waals surface area contributed by atoms with E-state index in [2.05, 4.69) is 9.97 Å². The topological polar surface area (TPSA) is 64.3 Å². The lowest BCUT2D eigenvalue weighted by molar-refractivity contribution is 0.120. The van der Waals surface area contributed by atoms with Crippen LogP contribution in [0.3, 0.4) is 0 Å². The summed E-state index contributed by atoms with van der Waals surface area (Å²) in [6.07, 6.45) is 6.33. The second-order valence-corrected chi connectivity index (χ2v) is 5.27. The van der Waals surface area contributed by atoms with Crippen molar-refractivity contribution in [3.63, 3.8) is 0 Å². The highest BCUT2D eigenvalue weighted by atomic mass is 35.5. The number of hydroxylamine groups is 1. The molecule has 1 heterocycles. The molecule has 0 aromatic carbocycles. The summed E-state index contributed by atoms with van der Waals surface area (Å²) < 4.78 is 0. The van der Waals surface area contributed by atoms with E-state index in [1.54, 1.807) is 13.4 Å². The van der Waals surface area contributed by atoms with Crippen molar-refractivity contribution in [1.29, 1.82) is 0 Å². The van der Waals surface area contributed by atoms with Crippen LogP contribution in [0, 0.1) is 0 Å². The van der Waals surface area contributed by atoms with Gasteiger partial charge in [-0.1, -0.05) is 18.5 Å². The Kier molecular flexibility index (Phi) is 4.96. The van der Waals surface area contributed by atoms with Crippen molar-refractivity contribution >= 4 is 17.4 Å². The van der Waals surface area contributed by atoms with Crippen LogP contribution >= 0.6 is 11.6 Å². The largest absolute Gasteiger partial charge is 0.328 e. The molecule has 0 atom stereocenters. The van der Waals surface area contributed by atoms with E-state index < -0.39 is 0 Å². The van der Waals surface area contributed by atoms with Crippen LogP contribution in [0.25, 0.3) is 0 Å². The predicted molar refractivity (Wildman–Crippen MR) is 76.1 cm³/mol. The van der Waals surface area contributed by atoms with Crippen LogP contribution in [0.1, 0.15) is 38.3 Å². The molecule has 0 spiro atoms. The minimum atomic E-state index is 0.280. The maximum absolute atomic E-state index is 6.36. The Balaban J connectivity index is 2.22. The van der Waals surface area contributed by atoms with Crippen molar-refractivity contribution in [2.24, 2.45) is 5.73 Å². The molecule has 1 aliphatic rings. The van der Waals surface area contributed by atoms with Crippen molar-refractivity contribution in [2.75, 3.05) is 12.2 Å². The number of hydrogen-bond donors (Lipinski definition) is 1. The molecule has 106 valence electrons. The van der Waals surface area contributed by atoms with Gasteiger partial charge < -0.3 is 5.73 Å². The molecule has 1 aromatic heterocycles. The van der Waals surface area contributed by atoms with Gasteiger partial charge in [-0.25, -0.2) is 15.0 Å². The van der Waals surface area contributed by atoms with Gasteiger partial charge in [0.1, 0.15) is 11.3 Å². The van der Waals surface area contributed by atoms with Crippen LogP contribution in [0.5, 0.6) is 0 Å². The minimum absolute atomic E-state index is 0.280. The summed E-state index contributed by atoms with van der Waals surface area (Å²) in [4.78, 5) is 14.0. The van der Waals surface area contributed by atoms with Crippen LogP contribution in [-0.4, -0.2) is 29.2 Å². The summed E-state index contributed by atoms with van der Waals surface area (Å²) in [6, 6.07) is 0.587. The number of hydrogen-bond acceptors (Lipinski definition) is 5. The van der Waals surface area contributed by atoms with Crippen LogP contribution in [0.4, 0.5) is 5.82 Å². The third-order valence-corrected chi connectivity index (χ3v) is 4.04. The van der Waals surface area contributed by atoms with E-state index in [9.17, 15) is 0 Å². The molecule has 0 bridgehead atoms. The van der Waals surface area contributed by atoms with Gasteiger partial charge in [-0.3, -0.25) is 4.84 Å². The van der Waals surface area contributed by atoms with Crippen LogP contribution in [0.2, 0.25) is 5.02 Å². The second kappa shape index (κ2) is 6.50. The molecule has 1 aliphatic carbocycles. The van der Waals surface area contributed by atoms with Gasteiger partial charge in [0.2, 0.25) is 0 Å².